The van der Waals surface area contributed by atoms with Gasteiger partial charge in [0.2, 0.25) is 0 Å². The van der Waals surface area contributed by atoms with E-state index in [-0.39, 0.29) is 0 Å². The number of hydrogen-bond acceptors (Lipinski definition) is 2. The molecular formula is C13H22N2. The lowest BCUT2D eigenvalue weighted by Crippen LogP contribution is -2.26. The van der Waals surface area contributed by atoms with Crippen LogP contribution in [0.1, 0.15) is 38.7 Å². The third-order valence-corrected chi connectivity index (χ3v) is 2.59. The van der Waals surface area contributed by atoms with Gasteiger partial charge in [-0.25, -0.2) is 0 Å². The molecule has 1 aromatic heterocycles. The molecule has 2 heteroatoms. The van der Waals surface area contributed by atoms with Gasteiger partial charge in [0.05, 0.1) is 0 Å². The Morgan fingerprint density at radius 1 is 1.33 bits per heavy atom. The van der Waals surface area contributed by atoms with Crippen LogP contribution in [0.4, 0.5) is 0 Å². The number of aromatic nitrogens is 1. The predicted molar refractivity (Wildman–Crippen MR) is 64.9 cm³/mol. The number of pyridine rings is 1. The molecule has 0 aromatic carbocycles. The maximum Gasteiger partial charge on any atom is 0.0270 e. The van der Waals surface area contributed by atoms with Gasteiger partial charge in [0.25, 0.3) is 0 Å². The van der Waals surface area contributed by atoms with E-state index in [2.05, 4.69) is 36.3 Å². The first kappa shape index (κ1) is 12.2. The molecule has 15 heavy (non-hydrogen) atoms. The monoisotopic (exact) mass is 206 g/mol. The van der Waals surface area contributed by atoms with E-state index >= 15 is 0 Å². The van der Waals surface area contributed by atoms with Crippen molar-refractivity contribution in [1.82, 2.24) is 10.3 Å². The maximum absolute atomic E-state index is 4.02. The molecule has 1 rings (SSSR count). The molecule has 1 N–H and O–H groups in total. The van der Waals surface area contributed by atoms with Crippen molar-refractivity contribution in [3.8, 4) is 0 Å². The van der Waals surface area contributed by atoms with Crippen LogP contribution < -0.4 is 5.32 Å². The summed E-state index contributed by atoms with van der Waals surface area (Å²) in [5.74, 6) is 0. The minimum Gasteiger partial charge on any atom is -0.314 e. The summed E-state index contributed by atoms with van der Waals surface area (Å²) >= 11 is 0. The second kappa shape index (κ2) is 7.41. The first-order valence-electron chi connectivity index (χ1n) is 5.95. The van der Waals surface area contributed by atoms with Gasteiger partial charge < -0.3 is 5.32 Å². The fraction of sp³-hybridized carbons (Fsp3) is 0.615. The summed E-state index contributed by atoms with van der Waals surface area (Å²) in [6.45, 7) is 5.61. The summed E-state index contributed by atoms with van der Waals surface area (Å²) in [7, 11) is 0. The van der Waals surface area contributed by atoms with Crippen LogP contribution in [-0.4, -0.2) is 17.6 Å². The zero-order chi connectivity index (χ0) is 10.9. The van der Waals surface area contributed by atoms with Gasteiger partial charge in [-0.2, -0.15) is 0 Å². The standard InChI is InChI=1S/C13H22N2/c1-3-9-15-12(2)5-4-6-13-7-10-14-11-8-13/h7-8,10-12,15H,3-6,9H2,1-2H3. The summed E-state index contributed by atoms with van der Waals surface area (Å²) < 4.78 is 0. The molecular weight excluding hydrogens is 184 g/mol. The minimum atomic E-state index is 0.645. The largest absolute Gasteiger partial charge is 0.314 e. The molecule has 1 atom stereocenters. The number of aryl methyl sites for hydroxylation is 1. The third kappa shape index (κ3) is 5.53. The molecule has 0 bridgehead atoms. The average Bonchev–Trinajstić information content (AvgIpc) is 2.28. The molecule has 0 saturated carbocycles. The number of hydrogen-bond donors (Lipinski definition) is 1. The molecule has 1 unspecified atom stereocenters. The Bertz CT molecular complexity index is 246. The van der Waals surface area contributed by atoms with Crippen molar-refractivity contribution in [3.05, 3.63) is 30.1 Å². The van der Waals surface area contributed by atoms with Crippen molar-refractivity contribution in [1.29, 1.82) is 0 Å². The van der Waals surface area contributed by atoms with Gasteiger partial charge in [-0.1, -0.05) is 6.92 Å². The molecule has 0 aliphatic rings. The highest BCUT2D eigenvalue weighted by Crippen LogP contribution is 2.05. The van der Waals surface area contributed by atoms with E-state index in [1.807, 2.05) is 12.4 Å². The van der Waals surface area contributed by atoms with Crippen LogP contribution in [0.3, 0.4) is 0 Å². The number of rotatable bonds is 7. The maximum atomic E-state index is 4.02. The van der Waals surface area contributed by atoms with Crippen LogP contribution >= 0.6 is 0 Å². The van der Waals surface area contributed by atoms with Gasteiger partial charge in [0.15, 0.2) is 0 Å². The predicted octanol–water partition coefficient (Wildman–Crippen LogP) is 2.79. The van der Waals surface area contributed by atoms with Crippen molar-refractivity contribution in [3.63, 3.8) is 0 Å². The second-order valence-electron chi connectivity index (χ2n) is 4.10. The Labute approximate surface area is 93.1 Å². The zero-order valence-electron chi connectivity index (χ0n) is 9.87. The highest BCUT2D eigenvalue weighted by molar-refractivity contribution is 5.09. The lowest BCUT2D eigenvalue weighted by Gasteiger charge is -2.12. The van der Waals surface area contributed by atoms with Gasteiger partial charge in [-0.3, -0.25) is 4.98 Å². The third-order valence-electron chi connectivity index (χ3n) is 2.59. The summed E-state index contributed by atoms with van der Waals surface area (Å²) in [6, 6.07) is 4.85. The number of nitrogens with zero attached hydrogens (tertiary/aromatic N) is 1. The zero-order valence-corrected chi connectivity index (χ0v) is 9.87. The summed E-state index contributed by atoms with van der Waals surface area (Å²) in [4.78, 5) is 4.02. The quantitative estimate of drug-likeness (QED) is 0.742. The lowest BCUT2D eigenvalue weighted by molar-refractivity contribution is 0.498. The van der Waals surface area contributed by atoms with Gasteiger partial charge in [0, 0.05) is 18.4 Å². The number of nitrogens with one attached hydrogen (secondary N) is 1. The van der Waals surface area contributed by atoms with Gasteiger partial charge >= 0.3 is 0 Å². The van der Waals surface area contributed by atoms with E-state index in [0.29, 0.717) is 6.04 Å². The van der Waals surface area contributed by atoms with Crippen LogP contribution in [0.2, 0.25) is 0 Å². The normalized spacial score (nSPS) is 12.7. The Hall–Kier alpha value is -0.890. The summed E-state index contributed by atoms with van der Waals surface area (Å²) in [5.41, 5.74) is 1.40. The van der Waals surface area contributed by atoms with Crippen LogP contribution in [-0.2, 0) is 6.42 Å². The minimum absolute atomic E-state index is 0.645. The van der Waals surface area contributed by atoms with E-state index in [4.69, 9.17) is 0 Å². The topological polar surface area (TPSA) is 24.9 Å². The molecule has 0 aliphatic heterocycles. The fourth-order valence-electron chi connectivity index (χ4n) is 1.65. The first-order valence-corrected chi connectivity index (χ1v) is 5.95. The Morgan fingerprint density at radius 3 is 2.73 bits per heavy atom. The van der Waals surface area contributed by atoms with Crippen molar-refractivity contribution in [2.75, 3.05) is 6.54 Å². The van der Waals surface area contributed by atoms with E-state index in [9.17, 15) is 0 Å². The van der Waals surface area contributed by atoms with Crippen LogP contribution in [0.5, 0.6) is 0 Å². The average molecular weight is 206 g/mol. The molecule has 0 fully saturated rings. The molecule has 0 amide bonds. The van der Waals surface area contributed by atoms with E-state index in [0.717, 1.165) is 6.54 Å². The van der Waals surface area contributed by atoms with Crippen LogP contribution in [0, 0.1) is 0 Å². The Balaban J connectivity index is 2.11. The van der Waals surface area contributed by atoms with E-state index in [1.54, 1.807) is 0 Å². The van der Waals surface area contributed by atoms with Crippen molar-refractivity contribution >= 4 is 0 Å². The molecule has 0 saturated heterocycles. The highest BCUT2D eigenvalue weighted by Gasteiger charge is 2.00. The summed E-state index contributed by atoms with van der Waals surface area (Å²) in [6.07, 6.45) is 8.63. The second-order valence-corrected chi connectivity index (χ2v) is 4.10. The summed E-state index contributed by atoms with van der Waals surface area (Å²) in [5, 5.41) is 3.51. The Kier molecular flexibility index (Phi) is 6.02. The molecule has 0 radical (unpaired) electrons. The molecule has 1 heterocycles. The van der Waals surface area contributed by atoms with Crippen molar-refractivity contribution < 1.29 is 0 Å². The van der Waals surface area contributed by atoms with Crippen LogP contribution in [0.25, 0.3) is 0 Å². The molecule has 1 aromatic rings. The highest BCUT2D eigenvalue weighted by atomic mass is 14.9. The fourth-order valence-corrected chi connectivity index (χ4v) is 1.65. The van der Waals surface area contributed by atoms with Crippen molar-refractivity contribution in [2.24, 2.45) is 0 Å². The molecule has 0 aliphatic carbocycles. The SMILES string of the molecule is CCCNC(C)CCCc1ccncc1. The smallest absolute Gasteiger partial charge is 0.0270 e. The molecule has 84 valence electrons. The van der Waals surface area contributed by atoms with E-state index in [1.165, 1.54) is 31.2 Å². The van der Waals surface area contributed by atoms with Gasteiger partial charge in [-0.05, 0) is 56.8 Å². The van der Waals surface area contributed by atoms with Crippen molar-refractivity contribution in [2.45, 2.75) is 45.6 Å². The van der Waals surface area contributed by atoms with Gasteiger partial charge in [0.1, 0.15) is 0 Å². The Morgan fingerprint density at radius 2 is 2.07 bits per heavy atom. The molecule has 0 spiro atoms. The first-order chi connectivity index (χ1) is 7.33. The van der Waals surface area contributed by atoms with Crippen LogP contribution in [0.15, 0.2) is 24.5 Å². The molecule has 2 nitrogen and oxygen atoms in total. The lowest BCUT2D eigenvalue weighted by atomic mass is 10.1. The van der Waals surface area contributed by atoms with Gasteiger partial charge in [-0.15, -0.1) is 0 Å². The van der Waals surface area contributed by atoms with E-state index < -0.39 is 0 Å².